The van der Waals surface area contributed by atoms with E-state index in [1.54, 1.807) is 0 Å². The van der Waals surface area contributed by atoms with Gasteiger partial charge in [-0.2, -0.15) is 0 Å². The second kappa shape index (κ2) is 2.95. The van der Waals surface area contributed by atoms with E-state index in [9.17, 15) is 0 Å². The first-order valence-corrected chi connectivity index (χ1v) is 4.97. The molecule has 0 saturated carbocycles. The minimum atomic E-state index is 1.13. The van der Waals surface area contributed by atoms with E-state index >= 15 is 0 Å². The lowest BCUT2D eigenvalue weighted by Gasteiger charge is -2.23. The maximum absolute atomic E-state index is 4.42. The van der Waals surface area contributed by atoms with Gasteiger partial charge in [-0.3, -0.25) is 4.99 Å². The molecule has 0 atom stereocenters. The van der Waals surface area contributed by atoms with E-state index in [0.717, 1.165) is 6.42 Å². The van der Waals surface area contributed by atoms with Crippen molar-refractivity contribution in [3.8, 4) is 0 Å². The molecule has 1 heterocycles. The van der Waals surface area contributed by atoms with Crippen molar-refractivity contribution in [2.75, 3.05) is 0 Å². The number of benzene rings is 1. The van der Waals surface area contributed by atoms with Crippen LogP contribution in [0, 0.1) is 0 Å². The lowest BCUT2D eigenvalue weighted by Crippen LogP contribution is -2.04. The lowest BCUT2D eigenvalue weighted by atomic mass is 9.85. The van der Waals surface area contributed by atoms with Crippen LogP contribution in [0.5, 0.6) is 0 Å². The molecule has 1 heteroatoms. The predicted octanol–water partition coefficient (Wildman–Crippen LogP) is 3.29. The predicted molar refractivity (Wildman–Crippen MR) is 60.1 cm³/mol. The van der Waals surface area contributed by atoms with Gasteiger partial charge < -0.3 is 0 Å². The van der Waals surface area contributed by atoms with Crippen LogP contribution in [0.2, 0.25) is 0 Å². The second-order valence-electron chi connectivity index (χ2n) is 3.65. The zero-order chi connectivity index (χ0) is 9.38. The second-order valence-corrected chi connectivity index (χ2v) is 3.65. The average molecular weight is 181 g/mol. The monoisotopic (exact) mass is 181 g/mol. The first kappa shape index (κ1) is 7.74. The Balaban J connectivity index is 2.25. The maximum atomic E-state index is 4.42. The van der Waals surface area contributed by atoms with Crippen LogP contribution in [-0.2, 0) is 0 Å². The van der Waals surface area contributed by atoms with E-state index in [0.29, 0.717) is 0 Å². The van der Waals surface area contributed by atoms with Gasteiger partial charge in [0.05, 0.1) is 0 Å². The van der Waals surface area contributed by atoms with Crippen LogP contribution < -0.4 is 0 Å². The fraction of sp³-hybridized carbons (Fsp3) is 0.154. The third-order valence-corrected chi connectivity index (χ3v) is 2.84. The number of nitrogens with zero attached hydrogens (tertiary/aromatic N) is 1. The standard InChI is InChI=1S/C13H11N/c1-2-6-11-10(4-1)5-3-9-14-13-8-7-12(11)13/h1-6,9H,7-8H2/b5-3-,9-3?,10-5?,12-11?,14-9?,14-13?. The van der Waals surface area contributed by atoms with Gasteiger partial charge in [-0.1, -0.05) is 30.3 Å². The fourth-order valence-electron chi connectivity index (χ4n) is 1.99. The van der Waals surface area contributed by atoms with Crippen LogP contribution in [0.15, 0.2) is 41.0 Å². The summed E-state index contributed by atoms with van der Waals surface area (Å²) in [5, 5.41) is 0. The Bertz CT molecular complexity index is 464. The Labute approximate surface area is 83.5 Å². The number of aliphatic imine (C=N–C) groups is 1. The van der Waals surface area contributed by atoms with Gasteiger partial charge in [0.25, 0.3) is 0 Å². The minimum Gasteiger partial charge on any atom is -0.261 e. The Kier molecular flexibility index (Phi) is 1.63. The topological polar surface area (TPSA) is 12.4 Å². The molecule has 0 bridgehead atoms. The molecular formula is C13H11N. The van der Waals surface area contributed by atoms with Crippen LogP contribution in [0.4, 0.5) is 0 Å². The summed E-state index contributed by atoms with van der Waals surface area (Å²) in [5.41, 5.74) is 5.37. The Morgan fingerprint density at radius 2 is 2.00 bits per heavy atom. The number of rotatable bonds is 0. The first-order chi connectivity index (χ1) is 6.95. The summed E-state index contributed by atoms with van der Waals surface area (Å²) in [6.07, 6.45) is 8.35. The van der Waals surface area contributed by atoms with Gasteiger partial charge in [0, 0.05) is 11.9 Å². The van der Waals surface area contributed by atoms with Crippen molar-refractivity contribution in [3.05, 3.63) is 47.2 Å². The average Bonchev–Trinajstić information content (AvgIpc) is 2.16. The molecule has 14 heavy (non-hydrogen) atoms. The Morgan fingerprint density at radius 1 is 1.07 bits per heavy atom. The lowest BCUT2D eigenvalue weighted by molar-refractivity contribution is 0.885. The van der Waals surface area contributed by atoms with E-state index in [2.05, 4.69) is 35.3 Å². The molecule has 68 valence electrons. The SMILES string of the molecule is C1=NC2=C(CC2)c2ccccc2/C=C\1. The molecular weight excluding hydrogens is 170 g/mol. The van der Waals surface area contributed by atoms with E-state index < -0.39 is 0 Å². The smallest absolute Gasteiger partial charge is 0.0445 e. The summed E-state index contributed by atoms with van der Waals surface area (Å²) in [5.74, 6) is 0. The highest BCUT2D eigenvalue weighted by atomic mass is 14.7. The minimum absolute atomic E-state index is 1.13. The van der Waals surface area contributed by atoms with Crippen molar-refractivity contribution in [2.24, 2.45) is 4.99 Å². The Morgan fingerprint density at radius 3 is 2.86 bits per heavy atom. The van der Waals surface area contributed by atoms with Crippen molar-refractivity contribution < 1.29 is 0 Å². The van der Waals surface area contributed by atoms with Crippen molar-refractivity contribution >= 4 is 17.9 Å². The molecule has 0 unspecified atom stereocenters. The van der Waals surface area contributed by atoms with E-state index in [-0.39, 0.29) is 0 Å². The number of hydrogen-bond donors (Lipinski definition) is 0. The van der Waals surface area contributed by atoms with Crippen molar-refractivity contribution in [1.82, 2.24) is 0 Å². The summed E-state index contributed by atoms with van der Waals surface area (Å²) in [7, 11) is 0. The normalized spacial score (nSPS) is 20.3. The summed E-state index contributed by atoms with van der Waals surface area (Å²) in [6.45, 7) is 0. The molecule has 1 nitrogen and oxygen atoms in total. The molecule has 0 amide bonds. The van der Waals surface area contributed by atoms with Crippen LogP contribution >= 0.6 is 0 Å². The molecule has 0 radical (unpaired) electrons. The molecule has 1 aliphatic heterocycles. The largest absolute Gasteiger partial charge is 0.261 e. The van der Waals surface area contributed by atoms with Gasteiger partial charge in [0.1, 0.15) is 0 Å². The van der Waals surface area contributed by atoms with Gasteiger partial charge in [-0.25, -0.2) is 0 Å². The molecule has 0 spiro atoms. The van der Waals surface area contributed by atoms with Gasteiger partial charge >= 0.3 is 0 Å². The van der Waals surface area contributed by atoms with Gasteiger partial charge in [-0.15, -0.1) is 0 Å². The third kappa shape index (κ3) is 1.06. The number of allylic oxidation sites excluding steroid dienone is 3. The molecule has 0 aromatic heterocycles. The molecule has 0 fully saturated rings. The van der Waals surface area contributed by atoms with Crippen molar-refractivity contribution in [1.29, 1.82) is 0 Å². The highest BCUT2D eigenvalue weighted by molar-refractivity contribution is 5.88. The summed E-state index contributed by atoms with van der Waals surface area (Å²) in [6, 6.07) is 8.53. The molecule has 1 aliphatic carbocycles. The highest BCUT2D eigenvalue weighted by Gasteiger charge is 2.19. The molecule has 2 aliphatic rings. The van der Waals surface area contributed by atoms with Gasteiger partial charge in [-0.05, 0) is 35.6 Å². The highest BCUT2D eigenvalue weighted by Crippen LogP contribution is 2.39. The molecule has 1 aromatic rings. The maximum Gasteiger partial charge on any atom is 0.0445 e. The van der Waals surface area contributed by atoms with Crippen molar-refractivity contribution in [2.45, 2.75) is 12.8 Å². The van der Waals surface area contributed by atoms with E-state index in [1.165, 1.54) is 28.8 Å². The summed E-state index contributed by atoms with van der Waals surface area (Å²) < 4.78 is 0. The quantitative estimate of drug-likeness (QED) is 0.582. The number of hydrogen-bond acceptors (Lipinski definition) is 1. The van der Waals surface area contributed by atoms with Crippen molar-refractivity contribution in [3.63, 3.8) is 0 Å². The summed E-state index contributed by atoms with van der Waals surface area (Å²) in [4.78, 5) is 4.42. The zero-order valence-corrected chi connectivity index (χ0v) is 7.90. The molecule has 0 saturated heterocycles. The van der Waals surface area contributed by atoms with E-state index in [1.807, 2.05) is 12.3 Å². The van der Waals surface area contributed by atoms with Crippen LogP contribution in [0.3, 0.4) is 0 Å². The number of fused-ring (bicyclic) bond motifs is 2. The van der Waals surface area contributed by atoms with Crippen LogP contribution in [0.25, 0.3) is 11.6 Å². The molecule has 3 rings (SSSR count). The third-order valence-electron chi connectivity index (χ3n) is 2.84. The first-order valence-electron chi connectivity index (χ1n) is 4.97. The van der Waals surface area contributed by atoms with Crippen LogP contribution in [-0.4, -0.2) is 6.21 Å². The molecule has 0 N–H and O–H groups in total. The molecule has 1 aromatic carbocycles. The summed E-state index contributed by atoms with van der Waals surface area (Å²) >= 11 is 0. The zero-order valence-electron chi connectivity index (χ0n) is 7.90. The van der Waals surface area contributed by atoms with Crippen LogP contribution in [0.1, 0.15) is 24.0 Å². The fourth-order valence-corrected chi connectivity index (χ4v) is 1.99. The van der Waals surface area contributed by atoms with E-state index in [4.69, 9.17) is 0 Å². The van der Waals surface area contributed by atoms with Gasteiger partial charge in [0.15, 0.2) is 0 Å². The Hall–Kier alpha value is -1.63. The van der Waals surface area contributed by atoms with Gasteiger partial charge in [0.2, 0.25) is 0 Å².